The van der Waals surface area contributed by atoms with Gasteiger partial charge >= 0.3 is 0 Å². The maximum atomic E-state index is 5.35. The molecule has 14 heavy (non-hydrogen) atoms. The second-order valence-corrected chi connectivity index (χ2v) is 5.26. The van der Waals surface area contributed by atoms with Gasteiger partial charge in [-0.2, -0.15) is 0 Å². The van der Waals surface area contributed by atoms with Crippen molar-refractivity contribution in [3.8, 4) is 14.8 Å². The Morgan fingerprint density at radius 1 is 1.29 bits per heavy atom. The van der Waals surface area contributed by atoms with Crippen molar-refractivity contribution in [2.75, 3.05) is 0 Å². The number of thiocarbonyl (C=S) groups is 1. The zero-order chi connectivity index (χ0) is 9.97. The molecule has 2 heterocycles. The lowest BCUT2D eigenvalue weighted by atomic mass is 10.4. The van der Waals surface area contributed by atoms with Crippen LogP contribution in [0.15, 0.2) is 29.6 Å². The van der Waals surface area contributed by atoms with Crippen molar-refractivity contribution < 1.29 is 4.74 Å². The summed E-state index contributed by atoms with van der Waals surface area (Å²) >= 11 is 8.22. The molecule has 0 aromatic carbocycles. The molecular formula is C10H8OS3. The highest BCUT2D eigenvalue weighted by Crippen LogP contribution is 2.35. The predicted octanol–water partition coefficient (Wildman–Crippen LogP) is 4.20. The summed E-state index contributed by atoms with van der Waals surface area (Å²) in [6.45, 7) is 1.78. The summed E-state index contributed by atoms with van der Waals surface area (Å²) in [5.41, 5.74) is 0. The molecule has 0 aliphatic heterocycles. The average Bonchev–Trinajstić information content (AvgIpc) is 2.69. The summed E-state index contributed by atoms with van der Waals surface area (Å²) in [6.07, 6.45) is 0. The maximum Gasteiger partial charge on any atom is 0.182 e. The van der Waals surface area contributed by atoms with E-state index in [-0.39, 0.29) is 0 Å². The zero-order valence-electron chi connectivity index (χ0n) is 7.52. The smallest absolute Gasteiger partial charge is 0.182 e. The first kappa shape index (κ1) is 9.83. The zero-order valence-corrected chi connectivity index (χ0v) is 9.97. The monoisotopic (exact) mass is 240 g/mol. The molecule has 0 spiro atoms. The summed E-state index contributed by atoms with van der Waals surface area (Å²) in [5.74, 6) is 0. The average molecular weight is 240 g/mol. The van der Waals surface area contributed by atoms with E-state index in [4.69, 9.17) is 17.0 Å². The van der Waals surface area contributed by atoms with Crippen LogP contribution in [0.25, 0.3) is 9.75 Å². The van der Waals surface area contributed by atoms with Gasteiger partial charge in [0, 0.05) is 16.7 Å². The van der Waals surface area contributed by atoms with Gasteiger partial charge in [-0.15, -0.1) is 11.3 Å². The summed E-state index contributed by atoms with van der Waals surface area (Å²) in [4.78, 5) is 2.50. The van der Waals surface area contributed by atoms with Crippen LogP contribution in [0, 0.1) is 0 Å². The molecule has 0 aliphatic carbocycles. The fourth-order valence-electron chi connectivity index (χ4n) is 1.07. The third-order valence-electron chi connectivity index (χ3n) is 1.59. The van der Waals surface area contributed by atoms with Gasteiger partial charge in [0.2, 0.25) is 0 Å². The molecule has 0 atom stereocenters. The Balaban J connectivity index is 2.22. The number of ether oxygens (including phenoxy) is 1. The molecule has 0 fully saturated rings. The Morgan fingerprint density at radius 2 is 2.14 bits per heavy atom. The molecule has 0 unspecified atom stereocenters. The number of thiophene rings is 2. The van der Waals surface area contributed by atoms with Crippen LogP contribution in [0.5, 0.6) is 5.06 Å². The number of hydrogen-bond acceptors (Lipinski definition) is 4. The van der Waals surface area contributed by atoms with Crippen LogP contribution < -0.4 is 4.74 Å². The van der Waals surface area contributed by atoms with E-state index in [0.717, 1.165) is 5.06 Å². The number of hydrogen-bond donors (Lipinski definition) is 0. The van der Waals surface area contributed by atoms with E-state index >= 15 is 0 Å². The van der Waals surface area contributed by atoms with Crippen molar-refractivity contribution in [2.45, 2.75) is 6.92 Å². The summed E-state index contributed by atoms with van der Waals surface area (Å²) < 4.78 is 5.35. The van der Waals surface area contributed by atoms with E-state index in [1.165, 1.54) is 9.75 Å². The highest BCUT2D eigenvalue weighted by molar-refractivity contribution is 7.80. The maximum absolute atomic E-state index is 5.35. The van der Waals surface area contributed by atoms with Crippen LogP contribution in [0.4, 0.5) is 0 Å². The van der Waals surface area contributed by atoms with E-state index in [1.807, 2.05) is 12.1 Å². The van der Waals surface area contributed by atoms with Gasteiger partial charge < -0.3 is 4.74 Å². The molecule has 1 nitrogen and oxygen atoms in total. The number of rotatable bonds is 2. The highest BCUT2D eigenvalue weighted by Gasteiger charge is 2.04. The van der Waals surface area contributed by atoms with Gasteiger partial charge in [0.25, 0.3) is 0 Å². The summed E-state index contributed by atoms with van der Waals surface area (Å²) in [7, 11) is 0. The molecule has 4 heteroatoms. The molecular weight excluding hydrogens is 232 g/mol. The van der Waals surface area contributed by atoms with Crippen LogP contribution >= 0.6 is 34.9 Å². The van der Waals surface area contributed by atoms with Crippen molar-refractivity contribution in [3.05, 3.63) is 29.6 Å². The Kier molecular flexibility index (Phi) is 2.96. The molecule has 0 amide bonds. The van der Waals surface area contributed by atoms with Crippen molar-refractivity contribution in [3.63, 3.8) is 0 Å². The lowest BCUT2D eigenvalue weighted by Crippen LogP contribution is -1.95. The van der Waals surface area contributed by atoms with E-state index in [0.29, 0.717) is 5.05 Å². The Morgan fingerprint density at radius 3 is 2.79 bits per heavy atom. The van der Waals surface area contributed by atoms with Crippen LogP contribution in [0.1, 0.15) is 6.92 Å². The minimum atomic E-state index is 0.560. The summed E-state index contributed by atoms with van der Waals surface area (Å²) in [6, 6.07) is 8.16. The highest BCUT2D eigenvalue weighted by atomic mass is 32.1. The molecule has 0 N–H and O–H groups in total. The van der Waals surface area contributed by atoms with Crippen LogP contribution in [-0.4, -0.2) is 5.05 Å². The largest absolute Gasteiger partial charge is 0.440 e. The van der Waals surface area contributed by atoms with Crippen molar-refractivity contribution in [1.82, 2.24) is 0 Å². The lowest BCUT2D eigenvalue weighted by molar-refractivity contribution is 0.578. The third-order valence-corrected chi connectivity index (χ3v) is 3.70. The van der Waals surface area contributed by atoms with Crippen LogP contribution in [0.2, 0.25) is 0 Å². The first-order valence-corrected chi connectivity index (χ1v) is 6.18. The molecule has 0 bridgehead atoms. The quantitative estimate of drug-likeness (QED) is 0.727. The first-order valence-electron chi connectivity index (χ1n) is 4.08. The van der Waals surface area contributed by atoms with E-state index < -0.39 is 0 Å². The minimum Gasteiger partial charge on any atom is -0.440 e. The van der Waals surface area contributed by atoms with E-state index in [1.54, 1.807) is 29.6 Å². The first-order chi connectivity index (χ1) is 6.75. The summed E-state index contributed by atoms with van der Waals surface area (Å²) in [5, 5.41) is 3.49. The Labute approximate surface area is 96.0 Å². The van der Waals surface area contributed by atoms with Gasteiger partial charge in [0.15, 0.2) is 10.1 Å². The second kappa shape index (κ2) is 4.21. The van der Waals surface area contributed by atoms with E-state index in [9.17, 15) is 0 Å². The second-order valence-electron chi connectivity index (χ2n) is 2.69. The Bertz CT molecular complexity index is 428. The molecule has 0 saturated heterocycles. The minimum absolute atomic E-state index is 0.560. The predicted molar refractivity (Wildman–Crippen MR) is 66.5 cm³/mol. The third kappa shape index (κ3) is 2.20. The molecule has 0 radical (unpaired) electrons. The van der Waals surface area contributed by atoms with Crippen LogP contribution in [-0.2, 0) is 0 Å². The van der Waals surface area contributed by atoms with Crippen molar-refractivity contribution >= 4 is 39.9 Å². The normalized spacial score (nSPS) is 10.1. The van der Waals surface area contributed by atoms with Gasteiger partial charge in [-0.25, -0.2) is 0 Å². The van der Waals surface area contributed by atoms with Gasteiger partial charge in [-0.1, -0.05) is 17.4 Å². The molecule has 2 rings (SSSR count). The molecule has 72 valence electrons. The van der Waals surface area contributed by atoms with Gasteiger partial charge in [0.1, 0.15) is 0 Å². The standard InChI is InChI=1S/C10H8OS3/c1-7(12)11-10-5-4-9(14-10)8-3-2-6-13-8/h2-6H,1H3. The SMILES string of the molecule is CC(=S)Oc1ccc(-c2cccs2)s1. The van der Waals surface area contributed by atoms with E-state index in [2.05, 4.69) is 17.5 Å². The van der Waals surface area contributed by atoms with Crippen LogP contribution in [0.3, 0.4) is 0 Å². The topological polar surface area (TPSA) is 9.23 Å². The molecule has 0 aliphatic rings. The molecule has 0 saturated carbocycles. The fraction of sp³-hybridized carbons (Fsp3) is 0.100. The van der Waals surface area contributed by atoms with Gasteiger partial charge in [0.05, 0.1) is 0 Å². The fourth-order valence-corrected chi connectivity index (χ4v) is 2.95. The molecule has 2 aromatic rings. The van der Waals surface area contributed by atoms with Crippen molar-refractivity contribution in [2.24, 2.45) is 0 Å². The van der Waals surface area contributed by atoms with Gasteiger partial charge in [-0.05, 0) is 35.8 Å². The Hall–Kier alpha value is -0.710. The van der Waals surface area contributed by atoms with Gasteiger partial charge in [-0.3, -0.25) is 0 Å². The molecule has 2 aromatic heterocycles. The lowest BCUT2D eigenvalue weighted by Gasteiger charge is -1.96. The van der Waals surface area contributed by atoms with Crippen molar-refractivity contribution in [1.29, 1.82) is 0 Å².